The molecule has 1 heterocycles. The fourth-order valence-electron chi connectivity index (χ4n) is 2.60. The lowest BCUT2D eigenvalue weighted by Gasteiger charge is -2.12. The Morgan fingerprint density at radius 1 is 1.14 bits per heavy atom. The zero-order valence-electron chi connectivity index (χ0n) is 12.2. The third-order valence-corrected chi connectivity index (χ3v) is 3.84. The molecule has 0 spiro atoms. The van der Waals surface area contributed by atoms with Crippen LogP contribution in [-0.4, -0.2) is 19.3 Å². The normalized spacial score (nSPS) is 11.1. The minimum absolute atomic E-state index is 0.0375. The number of phenolic OH excluding ortho intramolecular Hbond substituents is 1. The maximum atomic E-state index is 12.8. The molecule has 0 unspecified atom stereocenters. The highest BCUT2D eigenvalue weighted by atomic mass is 35.5. The fraction of sp³-hybridized carbons (Fsp3) is 0.188. The van der Waals surface area contributed by atoms with E-state index in [4.69, 9.17) is 25.5 Å². The van der Waals surface area contributed by atoms with Crippen LogP contribution in [0.25, 0.3) is 21.9 Å². The number of halogens is 1. The monoisotopic (exact) mass is 320 g/mol. The molecule has 0 fully saturated rings. The van der Waals surface area contributed by atoms with Crippen molar-refractivity contribution >= 4 is 33.5 Å². The summed E-state index contributed by atoms with van der Waals surface area (Å²) in [4.78, 5) is 12.8. The van der Waals surface area contributed by atoms with Crippen molar-refractivity contribution in [3.63, 3.8) is 0 Å². The molecule has 0 aliphatic heterocycles. The molecule has 3 aromatic rings. The molecular formula is C16H13ClO5. The molecule has 1 aromatic heterocycles. The molecule has 0 atom stereocenters. The number of ether oxygens (including phenoxy) is 2. The van der Waals surface area contributed by atoms with Crippen LogP contribution in [0.1, 0.15) is 5.56 Å². The molecule has 0 saturated heterocycles. The summed E-state index contributed by atoms with van der Waals surface area (Å²) in [6.45, 7) is 1.75. The molecule has 0 saturated carbocycles. The third kappa shape index (κ3) is 1.89. The predicted molar refractivity (Wildman–Crippen MR) is 84.5 cm³/mol. The fourth-order valence-corrected chi connectivity index (χ4v) is 2.83. The molecule has 0 radical (unpaired) electrons. The second-order valence-electron chi connectivity index (χ2n) is 4.83. The minimum Gasteiger partial charge on any atom is -0.507 e. The first-order valence-electron chi connectivity index (χ1n) is 6.49. The SMILES string of the molecule is COc1c(C)cc(O)c2c(=O)c3c(OC)c(Cl)ccc3oc12. The van der Waals surface area contributed by atoms with Crippen LogP contribution in [0.3, 0.4) is 0 Å². The minimum atomic E-state index is -0.425. The Labute approximate surface area is 130 Å². The van der Waals surface area contributed by atoms with Crippen LogP contribution in [0.2, 0.25) is 5.02 Å². The lowest BCUT2D eigenvalue weighted by Crippen LogP contribution is -2.06. The Balaban J connectivity index is 2.64. The Bertz CT molecular complexity index is 959. The second-order valence-corrected chi connectivity index (χ2v) is 5.24. The van der Waals surface area contributed by atoms with Gasteiger partial charge in [0.25, 0.3) is 0 Å². The topological polar surface area (TPSA) is 68.9 Å². The first-order valence-corrected chi connectivity index (χ1v) is 6.87. The lowest BCUT2D eigenvalue weighted by atomic mass is 10.1. The summed E-state index contributed by atoms with van der Waals surface area (Å²) in [5.41, 5.74) is 0.742. The molecular weight excluding hydrogens is 308 g/mol. The third-order valence-electron chi connectivity index (χ3n) is 3.55. The number of methoxy groups -OCH3 is 2. The number of hydrogen-bond donors (Lipinski definition) is 1. The van der Waals surface area contributed by atoms with Gasteiger partial charge in [-0.25, -0.2) is 0 Å². The first kappa shape index (κ1) is 14.5. The Hall–Kier alpha value is -2.40. The number of hydrogen-bond acceptors (Lipinski definition) is 5. The van der Waals surface area contributed by atoms with Gasteiger partial charge in [0.2, 0.25) is 5.43 Å². The van der Waals surface area contributed by atoms with E-state index in [1.54, 1.807) is 19.1 Å². The van der Waals surface area contributed by atoms with Crippen molar-refractivity contribution in [2.45, 2.75) is 6.92 Å². The zero-order chi connectivity index (χ0) is 16.0. The van der Waals surface area contributed by atoms with Gasteiger partial charge in [-0.1, -0.05) is 11.6 Å². The molecule has 0 amide bonds. The average Bonchev–Trinajstić information content (AvgIpc) is 2.47. The summed E-state index contributed by atoms with van der Waals surface area (Å²) in [6.07, 6.45) is 0. The molecule has 2 aromatic carbocycles. The van der Waals surface area contributed by atoms with Crippen LogP contribution in [-0.2, 0) is 0 Å². The van der Waals surface area contributed by atoms with E-state index in [2.05, 4.69) is 0 Å². The van der Waals surface area contributed by atoms with Crippen molar-refractivity contribution in [3.05, 3.63) is 39.0 Å². The number of benzene rings is 2. The van der Waals surface area contributed by atoms with E-state index in [9.17, 15) is 9.90 Å². The highest BCUT2D eigenvalue weighted by molar-refractivity contribution is 6.33. The van der Waals surface area contributed by atoms with Crippen LogP contribution < -0.4 is 14.9 Å². The van der Waals surface area contributed by atoms with Crippen LogP contribution in [0, 0.1) is 6.92 Å². The van der Waals surface area contributed by atoms with Crippen molar-refractivity contribution in [1.82, 2.24) is 0 Å². The van der Waals surface area contributed by atoms with Crippen molar-refractivity contribution in [2.24, 2.45) is 0 Å². The van der Waals surface area contributed by atoms with E-state index in [0.29, 0.717) is 21.9 Å². The van der Waals surface area contributed by atoms with Crippen LogP contribution >= 0.6 is 11.6 Å². The number of fused-ring (bicyclic) bond motifs is 2. The summed E-state index contributed by atoms with van der Waals surface area (Å²) in [5, 5.41) is 10.7. The lowest BCUT2D eigenvalue weighted by molar-refractivity contribution is 0.405. The molecule has 1 N–H and O–H groups in total. The number of aryl methyl sites for hydroxylation is 1. The van der Waals surface area contributed by atoms with E-state index in [0.717, 1.165) is 0 Å². The molecule has 0 aliphatic rings. The Morgan fingerprint density at radius 2 is 1.82 bits per heavy atom. The number of phenols is 1. The number of rotatable bonds is 2. The predicted octanol–water partition coefficient (Wildman–Crippen LogP) is 3.63. The van der Waals surface area contributed by atoms with E-state index in [-0.39, 0.29) is 27.9 Å². The quantitative estimate of drug-likeness (QED) is 0.730. The van der Waals surface area contributed by atoms with Crippen molar-refractivity contribution in [1.29, 1.82) is 0 Å². The van der Waals surface area contributed by atoms with Gasteiger partial charge >= 0.3 is 0 Å². The maximum Gasteiger partial charge on any atom is 0.208 e. The highest BCUT2D eigenvalue weighted by Gasteiger charge is 2.21. The van der Waals surface area contributed by atoms with Gasteiger partial charge in [0.05, 0.1) is 19.2 Å². The maximum absolute atomic E-state index is 12.8. The van der Waals surface area contributed by atoms with Gasteiger partial charge in [-0.2, -0.15) is 0 Å². The van der Waals surface area contributed by atoms with E-state index >= 15 is 0 Å². The summed E-state index contributed by atoms with van der Waals surface area (Å²) < 4.78 is 16.3. The molecule has 22 heavy (non-hydrogen) atoms. The van der Waals surface area contributed by atoms with Crippen molar-refractivity contribution in [2.75, 3.05) is 14.2 Å². The molecule has 3 rings (SSSR count). The van der Waals surface area contributed by atoms with E-state index in [1.165, 1.54) is 20.3 Å². The first-order chi connectivity index (χ1) is 10.5. The van der Waals surface area contributed by atoms with E-state index in [1.807, 2.05) is 0 Å². The van der Waals surface area contributed by atoms with Gasteiger partial charge in [0.1, 0.15) is 22.1 Å². The van der Waals surface area contributed by atoms with Crippen molar-refractivity contribution < 1.29 is 19.0 Å². The van der Waals surface area contributed by atoms with Crippen molar-refractivity contribution in [3.8, 4) is 17.2 Å². The van der Waals surface area contributed by atoms with Crippen LogP contribution in [0.4, 0.5) is 0 Å². The molecule has 114 valence electrons. The smallest absolute Gasteiger partial charge is 0.208 e. The molecule has 0 bridgehead atoms. The standard InChI is InChI=1S/C16H13ClO5/c1-7-6-9(18)11-13(19)12-10(22-16(11)14(7)20-2)5-4-8(17)15(12)21-3/h4-6,18H,1-3H3. The Morgan fingerprint density at radius 3 is 2.45 bits per heavy atom. The van der Waals surface area contributed by atoms with E-state index < -0.39 is 5.43 Å². The van der Waals surface area contributed by atoms with Gasteiger partial charge in [-0.05, 0) is 30.7 Å². The largest absolute Gasteiger partial charge is 0.507 e. The van der Waals surface area contributed by atoms with Crippen LogP contribution in [0.15, 0.2) is 27.4 Å². The van der Waals surface area contributed by atoms with Crippen LogP contribution in [0.5, 0.6) is 17.2 Å². The summed E-state index contributed by atoms with van der Waals surface area (Å²) in [5.74, 6) is 0.445. The summed E-state index contributed by atoms with van der Waals surface area (Å²) in [7, 11) is 2.89. The summed E-state index contributed by atoms with van der Waals surface area (Å²) >= 11 is 6.06. The molecule has 5 nitrogen and oxygen atoms in total. The average molecular weight is 321 g/mol. The molecule has 6 heteroatoms. The number of aromatic hydroxyl groups is 1. The van der Waals surface area contributed by atoms with Gasteiger partial charge in [-0.15, -0.1) is 0 Å². The zero-order valence-corrected chi connectivity index (χ0v) is 12.9. The van der Waals surface area contributed by atoms with Gasteiger partial charge in [-0.3, -0.25) is 4.79 Å². The Kier molecular flexibility index (Phi) is 3.37. The molecule has 0 aliphatic carbocycles. The summed E-state index contributed by atoms with van der Waals surface area (Å²) in [6, 6.07) is 4.63. The second kappa shape index (κ2) is 5.10. The highest BCUT2D eigenvalue weighted by Crippen LogP contribution is 2.38. The van der Waals surface area contributed by atoms with Gasteiger partial charge in [0, 0.05) is 0 Å². The van der Waals surface area contributed by atoms with Gasteiger partial charge < -0.3 is 19.0 Å². The van der Waals surface area contributed by atoms with Gasteiger partial charge in [0.15, 0.2) is 17.1 Å².